The summed E-state index contributed by atoms with van der Waals surface area (Å²) in [5, 5.41) is 12.2. The van der Waals surface area contributed by atoms with E-state index in [9.17, 15) is 14.4 Å². The number of nitriles is 1. The van der Waals surface area contributed by atoms with Crippen molar-refractivity contribution in [1.29, 1.82) is 5.26 Å². The Morgan fingerprint density at radius 2 is 1.72 bits per heavy atom. The molecule has 0 aliphatic carbocycles. The molecule has 1 N–H and O–H groups in total. The van der Waals surface area contributed by atoms with Gasteiger partial charge in [-0.1, -0.05) is 37.3 Å². The quantitative estimate of drug-likeness (QED) is 0.377. The minimum atomic E-state index is -0.493. The van der Waals surface area contributed by atoms with Gasteiger partial charge in [0, 0.05) is 5.69 Å². The smallest absolute Gasteiger partial charge is 0.266 e. The second-order valence-electron chi connectivity index (χ2n) is 7.00. The minimum Gasteiger partial charge on any atom is -0.493 e. The van der Waals surface area contributed by atoms with Crippen molar-refractivity contribution in [3.8, 4) is 17.6 Å². The summed E-state index contributed by atoms with van der Waals surface area (Å²) in [6.07, 6.45) is 2.39. The predicted octanol–water partition coefficient (Wildman–Crippen LogP) is 5.52. The maximum atomic E-state index is 13.0. The van der Waals surface area contributed by atoms with Crippen molar-refractivity contribution in [2.24, 2.45) is 0 Å². The lowest BCUT2D eigenvalue weighted by molar-refractivity contribution is -0.112. The van der Waals surface area contributed by atoms with E-state index < -0.39 is 5.91 Å². The zero-order chi connectivity index (χ0) is 22.9. The van der Waals surface area contributed by atoms with E-state index in [2.05, 4.69) is 12.2 Å². The summed E-state index contributed by atoms with van der Waals surface area (Å²) >= 11 is 0. The molecule has 0 atom stereocenters. The zero-order valence-corrected chi connectivity index (χ0v) is 17.9. The van der Waals surface area contributed by atoms with Gasteiger partial charge in [-0.3, -0.25) is 4.79 Å². The first kappa shape index (κ1) is 22.6. The molecule has 0 aliphatic heterocycles. The monoisotopic (exact) mass is 430 g/mol. The fourth-order valence-corrected chi connectivity index (χ4v) is 2.97. The molecule has 0 saturated heterocycles. The average Bonchev–Trinajstić information content (AvgIpc) is 2.82. The molecule has 3 rings (SSSR count). The number of carbonyl (C=O) groups excluding carboxylic acids is 1. The molecule has 162 valence electrons. The average molecular weight is 430 g/mol. The Labute approximate surface area is 186 Å². The van der Waals surface area contributed by atoms with Crippen molar-refractivity contribution in [3.05, 3.63) is 94.8 Å². The van der Waals surface area contributed by atoms with Crippen molar-refractivity contribution < 1.29 is 18.7 Å². The van der Waals surface area contributed by atoms with Crippen molar-refractivity contribution in [2.75, 3.05) is 12.4 Å². The van der Waals surface area contributed by atoms with E-state index >= 15 is 0 Å². The number of ether oxygens (including phenoxy) is 2. The second-order valence-corrected chi connectivity index (χ2v) is 7.00. The number of rotatable bonds is 8. The standard InChI is InChI=1S/C26H23FN2O3/c1-3-18-6-11-23(12-7-18)29-26(30)21(16-28)14-20-8-13-24(25(15-20)31-2)32-17-19-4-9-22(27)10-5-19/h4-15H,3,17H2,1-2H3,(H,29,30)/b21-14+. The topological polar surface area (TPSA) is 71.4 Å². The molecule has 3 aromatic carbocycles. The highest BCUT2D eigenvalue weighted by Crippen LogP contribution is 2.30. The molecule has 0 spiro atoms. The second kappa shape index (κ2) is 10.8. The largest absolute Gasteiger partial charge is 0.493 e. The van der Waals surface area contributed by atoms with Gasteiger partial charge < -0.3 is 14.8 Å². The number of anilines is 1. The zero-order valence-electron chi connectivity index (χ0n) is 17.9. The molecule has 0 unspecified atom stereocenters. The van der Waals surface area contributed by atoms with Gasteiger partial charge in [0.15, 0.2) is 11.5 Å². The van der Waals surface area contributed by atoms with Crippen LogP contribution >= 0.6 is 0 Å². The van der Waals surface area contributed by atoms with Gasteiger partial charge in [0.2, 0.25) is 0 Å². The highest BCUT2D eigenvalue weighted by Gasteiger charge is 2.11. The first-order valence-electron chi connectivity index (χ1n) is 10.1. The maximum absolute atomic E-state index is 13.0. The Morgan fingerprint density at radius 1 is 1.03 bits per heavy atom. The Kier molecular flexibility index (Phi) is 7.60. The van der Waals surface area contributed by atoms with E-state index in [1.807, 2.05) is 30.3 Å². The van der Waals surface area contributed by atoms with E-state index in [-0.39, 0.29) is 18.0 Å². The van der Waals surface area contributed by atoms with E-state index in [4.69, 9.17) is 9.47 Å². The number of nitrogens with one attached hydrogen (secondary N) is 1. The van der Waals surface area contributed by atoms with Crippen LogP contribution in [-0.4, -0.2) is 13.0 Å². The lowest BCUT2D eigenvalue weighted by Crippen LogP contribution is -2.13. The highest BCUT2D eigenvalue weighted by atomic mass is 19.1. The van der Waals surface area contributed by atoms with Crippen LogP contribution in [0, 0.1) is 17.1 Å². The van der Waals surface area contributed by atoms with Crippen molar-refractivity contribution >= 4 is 17.7 Å². The molecule has 0 heterocycles. The van der Waals surface area contributed by atoms with E-state index in [1.165, 1.54) is 25.3 Å². The van der Waals surface area contributed by atoms with Crippen LogP contribution in [-0.2, 0) is 17.8 Å². The summed E-state index contributed by atoms with van der Waals surface area (Å²) in [6.45, 7) is 2.30. The van der Waals surface area contributed by atoms with Gasteiger partial charge in [0.25, 0.3) is 5.91 Å². The highest BCUT2D eigenvalue weighted by molar-refractivity contribution is 6.09. The Morgan fingerprint density at radius 3 is 2.34 bits per heavy atom. The third-order valence-corrected chi connectivity index (χ3v) is 4.79. The molecule has 32 heavy (non-hydrogen) atoms. The molecule has 0 aliphatic rings. The van der Waals surface area contributed by atoms with Crippen molar-refractivity contribution in [2.45, 2.75) is 20.0 Å². The molecule has 0 aromatic heterocycles. The Balaban J connectivity index is 1.72. The molecular weight excluding hydrogens is 407 g/mol. The Bertz CT molecular complexity index is 1150. The summed E-state index contributed by atoms with van der Waals surface area (Å²) in [5.41, 5.74) is 3.17. The molecule has 1 amide bonds. The molecule has 5 nitrogen and oxygen atoms in total. The van der Waals surface area contributed by atoms with Crippen LogP contribution in [0.15, 0.2) is 72.3 Å². The van der Waals surface area contributed by atoms with Crippen LogP contribution in [0.25, 0.3) is 6.08 Å². The summed E-state index contributed by atoms with van der Waals surface area (Å²) in [6, 6.07) is 20.6. The van der Waals surface area contributed by atoms with Crippen LogP contribution in [0.3, 0.4) is 0 Å². The molecule has 0 saturated carbocycles. The van der Waals surface area contributed by atoms with Gasteiger partial charge in [-0.15, -0.1) is 0 Å². The number of methoxy groups -OCH3 is 1. The number of carbonyl (C=O) groups is 1. The number of amides is 1. The summed E-state index contributed by atoms with van der Waals surface area (Å²) in [4.78, 5) is 12.5. The first-order valence-corrected chi connectivity index (χ1v) is 10.1. The van der Waals surface area contributed by atoms with E-state index in [0.29, 0.717) is 22.7 Å². The predicted molar refractivity (Wildman–Crippen MR) is 122 cm³/mol. The number of halogens is 1. The van der Waals surface area contributed by atoms with Crippen molar-refractivity contribution in [3.63, 3.8) is 0 Å². The van der Waals surface area contributed by atoms with E-state index in [1.54, 1.807) is 30.3 Å². The SMILES string of the molecule is CCc1ccc(NC(=O)/C(C#N)=C/c2ccc(OCc3ccc(F)cc3)c(OC)c2)cc1. The normalized spacial score (nSPS) is 10.9. The lowest BCUT2D eigenvalue weighted by Gasteiger charge is -2.12. The van der Waals surface area contributed by atoms with Crippen LogP contribution in [0.5, 0.6) is 11.5 Å². The summed E-state index contributed by atoms with van der Waals surface area (Å²) < 4.78 is 24.2. The lowest BCUT2D eigenvalue weighted by atomic mass is 10.1. The molecule has 0 bridgehead atoms. The number of hydrogen-bond donors (Lipinski definition) is 1. The van der Waals surface area contributed by atoms with Gasteiger partial charge in [-0.05, 0) is 65.6 Å². The van der Waals surface area contributed by atoms with Gasteiger partial charge in [-0.25, -0.2) is 4.39 Å². The van der Waals surface area contributed by atoms with Crippen LogP contribution in [0.2, 0.25) is 0 Å². The molecule has 0 fully saturated rings. The van der Waals surface area contributed by atoms with Crippen LogP contribution in [0.4, 0.5) is 10.1 Å². The van der Waals surface area contributed by atoms with Gasteiger partial charge in [0.05, 0.1) is 7.11 Å². The number of benzene rings is 3. The summed E-state index contributed by atoms with van der Waals surface area (Å²) in [5.74, 6) is 0.145. The van der Waals surface area contributed by atoms with Crippen LogP contribution < -0.4 is 14.8 Å². The van der Waals surface area contributed by atoms with Gasteiger partial charge >= 0.3 is 0 Å². The minimum absolute atomic E-state index is 0.0356. The number of aryl methyl sites for hydroxylation is 1. The fraction of sp³-hybridized carbons (Fsp3) is 0.154. The Hall–Kier alpha value is -4.11. The molecular formula is C26H23FN2O3. The maximum Gasteiger partial charge on any atom is 0.266 e. The number of nitrogens with zero attached hydrogens (tertiary/aromatic N) is 1. The fourth-order valence-electron chi connectivity index (χ4n) is 2.97. The third-order valence-electron chi connectivity index (χ3n) is 4.79. The molecule has 6 heteroatoms. The molecule has 3 aromatic rings. The van der Waals surface area contributed by atoms with Crippen molar-refractivity contribution in [1.82, 2.24) is 0 Å². The third kappa shape index (κ3) is 5.96. The van der Waals surface area contributed by atoms with Gasteiger partial charge in [-0.2, -0.15) is 5.26 Å². The van der Waals surface area contributed by atoms with E-state index in [0.717, 1.165) is 17.5 Å². The first-order chi connectivity index (χ1) is 15.5. The number of hydrogen-bond acceptors (Lipinski definition) is 4. The molecule has 0 radical (unpaired) electrons. The summed E-state index contributed by atoms with van der Waals surface area (Å²) in [7, 11) is 1.51. The van der Waals surface area contributed by atoms with Crippen LogP contribution in [0.1, 0.15) is 23.6 Å². The van der Waals surface area contributed by atoms with Gasteiger partial charge in [0.1, 0.15) is 24.1 Å².